The predicted octanol–water partition coefficient (Wildman–Crippen LogP) is 0.477. The highest BCUT2D eigenvalue weighted by Crippen LogP contribution is 2.49. The molecule has 16 heavy (non-hydrogen) atoms. The van der Waals surface area contributed by atoms with Gasteiger partial charge in [-0.1, -0.05) is 0 Å². The van der Waals surface area contributed by atoms with Crippen molar-refractivity contribution in [3.05, 3.63) is 0 Å². The molecule has 4 fully saturated rings. The third-order valence-electron chi connectivity index (χ3n) is 4.63. The van der Waals surface area contributed by atoms with Crippen LogP contribution in [0.5, 0.6) is 0 Å². The fourth-order valence-corrected chi connectivity index (χ4v) is 3.76. The Morgan fingerprint density at radius 3 is 2.44 bits per heavy atom. The molecule has 4 aliphatic heterocycles. The first-order chi connectivity index (χ1) is 7.67. The van der Waals surface area contributed by atoms with Gasteiger partial charge in [-0.2, -0.15) is 0 Å². The maximum Gasteiger partial charge on any atom is 0.237 e. The van der Waals surface area contributed by atoms with E-state index in [4.69, 9.17) is 0 Å². The van der Waals surface area contributed by atoms with Gasteiger partial charge in [0.1, 0.15) is 0 Å². The van der Waals surface area contributed by atoms with Crippen molar-refractivity contribution >= 4 is 11.8 Å². The molecule has 0 aromatic rings. The minimum Gasteiger partial charge on any atom is -0.302 e. The second kappa shape index (κ2) is 3.29. The van der Waals surface area contributed by atoms with Gasteiger partial charge in [0.05, 0.1) is 5.41 Å². The first kappa shape index (κ1) is 10.3. The van der Waals surface area contributed by atoms with E-state index >= 15 is 0 Å². The number of imide groups is 1. The van der Waals surface area contributed by atoms with Crippen molar-refractivity contribution in [2.75, 3.05) is 26.2 Å². The van der Waals surface area contributed by atoms with Gasteiger partial charge >= 0.3 is 0 Å². The highest BCUT2D eigenvalue weighted by atomic mass is 16.2. The lowest BCUT2D eigenvalue weighted by Gasteiger charge is -2.49. The molecule has 2 amide bonds. The van der Waals surface area contributed by atoms with Crippen LogP contribution in [0, 0.1) is 11.3 Å². The minimum atomic E-state index is -0.344. The molecule has 1 spiro atoms. The van der Waals surface area contributed by atoms with Crippen molar-refractivity contribution < 1.29 is 9.59 Å². The average molecular weight is 222 g/mol. The number of fused-ring (bicyclic) bond motifs is 2. The van der Waals surface area contributed by atoms with E-state index in [0.717, 1.165) is 32.5 Å². The average Bonchev–Trinajstić information content (AvgIpc) is 2.52. The summed E-state index contributed by atoms with van der Waals surface area (Å²) >= 11 is 0. The number of hydrogen-bond donors (Lipinski definition) is 0. The molecule has 4 saturated heterocycles. The molecule has 0 aliphatic carbocycles. The molecule has 4 heterocycles. The Morgan fingerprint density at radius 2 is 2.00 bits per heavy atom. The van der Waals surface area contributed by atoms with Gasteiger partial charge in [0.15, 0.2) is 0 Å². The molecular weight excluding hydrogens is 204 g/mol. The van der Waals surface area contributed by atoms with Crippen molar-refractivity contribution in [1.82, 2.24) is 9.80 Å². The van der Waals surface area contributed by atoms with Crippen LogP contribution >= 0.6 is 0 Å². The quantitative estimate of drug-likeness (QED) is 0.606. The first-order valence-electron chi connectivity index (χ1n) is 6.24. The lowest BCUT2D eigenvalue weighted by Crippen LogP contribution is -2.57. The Bertz CT molecular complexity index is 347. The van der Waals surface area contributed by atoms with E-state index in [-0.39, 0.29) is 17.2 Å². The zero-order valence-electron chi connectivity index (χ0n) is 9.74. The van der Waals surface area contributed by atoms with Crippen LogP contribution < -0.4 is 0 Å². The smallest absolute Gasteiger partial charge is 0.237 e. The number of piperidine rings is 3. The lowest BCUT2D eigenvalue weighted by atomic mass is 9.65. The maximum absolute atomic E-state index is 12.4. The Kier molecular flexibility index (Phi) is 2.11. The molecule has 0 N–H and O–H groups in total. The van der Waals surface area contributed by atoms with Gasteiger partial charge in [0, 0.05) is 19.5 Å². The molecule has 2 bridgehead atoms. The van der Waals surface area contributed by atoms with Gasteiger partial charge in [-0.3, -0.25) is 14.5 Å². The molecular formula is C12H18N2O2. The standard InChI is InChI=1S/C12H18N2O2/c1-2-14-10(15)7-12(11(14)16)8-13-5-3-9(12)4-6-13/h9H,2-8H2,1H3. The molecule has 88 valence electrons. The van der Waals surface area contributed by atoms with Crippen molar-refractivity contribution in [2.45, 2.75) is 26.2 Å². The lowest BCUT2D eigenvalue weighted by molar-refractivity contribution is -0.147. The van der Waals surface area contributed by atoms with E-state index in [1.165, 1.54) is 4.90 Å². The summed E-state index contributed by atoms with van der Waals surface area (Å²) in [7, 11) is 0. The largest absolute Gasteiger partial charge is 0.302 e. The van der Waals surface area contributed by atoms with E-state index < -0.39 is 0 Å². The molecule has 0 aromatic carbocycles. The van der Waals surface area contributed by atoms with Crippen LogP contribution in [0.25, 0.3) is 0 Å². The topological polar surface area (TPSA) is 40.6 Å². The third kappa shape index (κ3) is 1.14. The zero-order chi connectivity index (χ0) is 11.3. The molecule has 4 rings (SSSR count). The van der Waals surface area contributed by atoms with Crippen LogP contribution in [-0.2, 0) is 9.59 Å². The fraction of sp³-hybridized carbons (Fsp3) is 0.833. The molecule has 4 nitrogen and oxygen atoms in total. The number of amides is 2. The van der Waals surface area contributed by atoms with Gasteiger partial charge < -0.3 is 4.90 Å². The van der Waals surface area contributed by atoms with Gasteiger partial charge in [-0.05, 0) is 38.8 Å². The van der Waals surface area contributed by atoms with Gasteiger partial charge in [-0.25, -0.2) is 0 Å². The third-order valence-corrected chi connectivity index (χ3v) is 4.63. The highest BCUT2D eigenvalue weighted by molar-refractivity contribution is 6.06. The summed E-state index contributed by atoms with van der Waals surface area (Å²) in [6.07, 6.45) is 2.65. The summed E-state index contributed by atoms with van der Waals surface area (Å²) < 4.78 is 0. The van der Waals surface area contributed by atoms with Crippen molar-refractivity contribution in [1.29, 1.82) is 0 Å². The summed E-state index contributed by atoms with van der Waals surface area (Å²) in [5, 5.41) is 0. The van der Waals surface area contributed by atoms with E-state index in [1.54, 1.807) is 0 Å². The molecule has 4 heteroatoms. The van der Waals surface area contributed by atoms with Gasteiger partial charge in [-0.15, -0.1) is 0 Å². The number of hydrogen-bond acceptors (Lipinski definition) is 3. The number of carbonyl (C=O) groups excluding carboxylic acids is 2. The summed E-state index contributed by atoms with van der Waals surface area (Å²) in [6.45, 7) is 5.46. The predicted molar refractivity (Wildman–Crippen MR) is 58.6 cm³/mol. The number of likely N-dealkylation sites (tertiary alicyclic amines) is 1. The van der Waals surface area contributed by atoms with Crippen LogP contribution in [0.3, 0.4) is 0 Å². The van der Waals surface area contributed by atoms with Crippen LogP contribution in [0.15, 0.2) is 0 Å². The number of rotatable bonds is 1. The highest BCUT2D eigenvalue weighted by Gasteiger charge is 2.58. The van der Waals surface area contributed by atoms with E-state index in [2.05, 4.69) is 4.90 Å². The Balaban J connectivity index is 1.95. The Labute approximate surface area is 95.6 Å². The molecule has 1 atom stereocenters. The van der Waals surface area contributed by atoms with Crippen molar-refractivity contribution in [3.8, 4) is 0 Å². The van der Waals surface area contributed by atoms with Crippen LogP contribution in [-0.4, -0.2) is 47.8 Å². The van der Waals surface area contributed by atoms with E-state index in [1.807, 2.05) is 6.92 Å². The summed E-state index contributed by atoms with van der Waals surface area (Å²) in [5.74, 6) is 0.598. The Morgan fingerprint density at radius 1 is 1.31 bits per heavy atom. The summed E-state index contributed by atoms with van der Waals surface area (Å²) in [4.78, 5) is 28.1. The van der Waals surface area contributed by atoms with E-state index in [9.17, 15) is 9.59 Å². The molecule has 4 aliphatic rings. The Hall–Kier alpha value is -0.900. The monoisotopic (exact) mass is 222 g/mol. The summed E-state index contributed by atoms with van der Waals surface area (Å²) in [5.41, 5.74) is -0.344. The number of nitrogens with zero attached hydrogens (tertiary/aromatic N) is 2. The minimum absolute atomic E-state index is 0.0428. The fourth-order valence-electron chi connectivity index (χ4n) is 3.76. The molecule has 0 radical (unpaired) electrons. The normalized spacial score (nSPS) is 42.4. The van der Waals surface area contributed by atoms with Crippen molar-refractivity contribution in [2.24, 2.45) is 11.3 Å². The zero-order valence-corrected chi connectivity index (χ0v) is 9.74. The second-order valence-electron chi connectivity index (χ2n) is 5.33. The van der Waals surface area contributed by atoms with E-state index in [0.29, 0.717) is 18.9 Å². The SMILES string of the molecule is CCN1C(=O)CC2(CN3CCC2CC3)C1=O. The molecule has 0 aromatic heterocycles. The molecule has 1 unspecified atom stereocenters. The maximum atomic E-state index is 12.4. The number of carbonyl (C=O) groups is 2. The second-order valence-corrected chi connectivity index (χ2v) is 5.33. The van der Waals surface area contributed by atoms with Crippen LogP contribution in [0.2, 0.25) is 0 Å². The van der Waals surface area contributed by atoms with Gasteiger partial charge in [0.25, 0.3) is 0 Å². The summed E-state index contributed by atoms with van der Waals surface area (Å²) in [6, 6.07) is 0. The van der Waals surface area contributed by atoms with Crippen LogP contribution in [0.4, 0.5) is 0 Å². The molecule has 0 saturated carbocycles. The van der Waals surface area contributed by atoms with Crippen molar-refractivity contribution in [3.63, 3.8) is 0 Å². The van der Waals surface area contributed by atoms with Gasteiger partial charge in [0.2, 0.25) is 11.8 Å². The van der Waals surface area contributed by atoms with Crippen LogP contribution in [0.1, 0.15) is 26.2 Å². The first-order valence-corrected chi connectivity index (χ1v) is 6.24.